The second kappa shape index (κ2) is 6.13. The number of amides is 1. The van der Waals surface area contributed by atoms with Crippen molar-refractivity contribution in [2.45, 2.75) is 38.1 Å². The van der Waals surface area contributed by atoms with Crippen LogP contribution < -0.4 is 5.32 Å². The number of carboxylic acids is 1. The smallest absolute Gasteiger partial charge is 0.327 e. The first-order valence-corrected chi connectivity index (χ1v) is 7.94. The van der Waals surface area contributed by atoms with E-state index in [9.17, 15) is 14.7 Å². The van der Waals surface area contributed by atoms with Crippen molar-refractivity contribution in [3.8, 4) is 0 Å². The van der Waals surface area contributed by atoms with Crippen molar-refractivity contribution in [1.29, 1.82) is 0 Å². The molecule has 2 heterocycles. The molecule has 0 radical (unpaired) electrons. The van der Waals surface area contributed by atoms with Crippen LogP contribution in [-0.2, 0) is 9.59 Å². The molecule has 2 rings (SSSR count). The third-order valence-corrected chi connectivity index (χ3v) is 5.41. The van der Waals surface area contributed by atoms with E-state index >= 15 is 0 Å². The molecule has 2 aliphatic rings. The number of aliphatic carboxylic acids is 1. The number of thioether (sulfide) groups is 1. The first-order valence-electron chi connectivity index (χ1n) is 6.89. The number of carbonyl (C=O) groups excluding carboxylic acids is 1. The van der Waals surface area contributed by atoms with Crippen LogP contribution in [0.3, 0.4) is 0 Å². The van der Waals surface area contributed by atoms with Gasteiger partial charge in [-0.15, -0.1) is 11.8 Å². The molecule has 0 aromatic carbocycles. The predicted molar refractivity (Wildman–Crippen MR) is 74.9 cm³/mol. The van der Waals surface area contributed by atoms with Gasteiger partial charge in [0.15, 0.2) is 0 Å². The number of hydrogen-bond donors (Lipinski definition) is 2. The lowest BCUT2D eigenvalue weighted by Crippen LogP contribution is -2.51. The fourth-order valence-corrected chi connectivity index (χ4v) is 4.26. The third kappa shape index (κ3) is 3.05. The van der Waals surface area contributed by atoms with E-state index in [4.69, 9.17) is 0 Å². The number of hydrogen-bond acceptors (Lipinski definition) is 4. The molecule has 2 fully saturated rings. The van der Waals surface area contributed by atoms with Gasteiger partial charge in [-0.2, -0.15) is 0 Å². The van der Waals surface area contributed by atoms with E-state index in [0.29, 0.717) is 12.3 Å². The Morgan fingerprint density at radius 2 is 2.16 bits per heavy atom. The van der Waals surface area contributed by atoms with Crippen LogP contribution in [0.1, 0.15) is 26.7 Å². The summed E-state index contributed by atoms with van der Waals surface area (Å²) in [5.41, 5.74) is 0. The molecule has 5 nitrogen and oxygen atoms in total. The number of piperidine rings is 1. The minimum atomic E-state index is -0.882. The number of nitrogens with zero attached hydrogens (tertiary/aromatic N) is 1. The van der Waals surface area contributed by atoms with Gasteiger partial charge >= 0.3 is 5.97 Å². The van der Waals surface area contributed by atoms with Crippen molar-refractivity contribution in [3.63, 3.8) is 0 Å². The van der Waals surface area contributed by atoms with Crippen LogP contribution in [0.4, 0.5) is 0 Å². The van der Waals surface area contributed by atoms with Gasteiger partial charge in [0.25, 0.3) is 0 Å². The Balaban J connectivity index is 2.15. The first-order chi connectivity index (χ1) is 9.02. The molecule has 19 heavy (non-hydrogen) atoms. The lowest BCUT2D eigenvalue weighted by molar-refractivity contribution is -0.151. The molecule has 3 atom stereocenters. The van der Waals surface area contributed by atoms with E-state index in [1.54, 1.807) is 16.7 Å². The molecule has 0 aromatic heterocycles. The maximum atomic E-state index is 12.6. The molecule has 2 unspecified atom stereocenters. The molecule has 2 saturated heterocycles. The summed E-state index contributed by atoms with van der Waals surface area (Å²) in [6.45, 7) is 5.72. The Morgan fingerprint density at radius 3 is 2.68 bits per heavy atom. The molecule has 1 amide bonds. The summed E-state index contributed by atoms with van der Waals surface area (Å²) in [4.78, 5) is 25.6. The van der Waals surface area contributed by atoms with Crippen LogP contribution in [0, 0.1) is 11.8 Å². The van der Waals surface area contributed by atoms with Crippen molar-refractivity contribution in [2.75, 3.05) is 18.8 Å². The molecular weight excluding hydrogens is 264 g/mol. The Kier molecular flexibility index (Phi) is 4.73. The van der Waals surface area contributed by atoms with Gasteiger partial charge in [0.05, 0.1) is 11.3 Å². The number of carboxylic acid groups (broad SMARTS) is 1. The van der Waals surface area contributed by atoms with Crippen molar-refractivity contribution >= 4 is 23.6 Å². The molecule has 0 bridgehead atoms. The van der Waals surface area contributed by atoms with E-state index in [-0.39, 0.29) is 23.1 Å². The monoisotopic (exact) mass is 286 g/mol. The van der Waals surface area contributed by atoms with Gasteiger partial charge in [-0.05, 0) is 25.3 Å². The van der Waals surface area contributed by atoms with Gasteiger partial charge < -0.3 is 15.3 Å². The predicted octanol–water partition coefficient (Wildman–Crippen LogP) is 0.997. The van der Waals surface area contributed by atoms with E-state index in [1.807, 2.05) is 13.8 Å². The van der Waals surface area contributed by atoms with E-state index in [1.165, 1.54) is 0 Å². The van der Waals surface area contributed by atoms with Crippen LogP contribution in [0.25, 0.3) is 0 Å². The Morgan fingerprint density at radius 1 is 1.42 bits per heavy atom. The van der Waals surface area contributed by atoms with Crippen LogP contribution in [0.2, 0.25) is 0 Å². The SMILES string of the molecule is CC(C)C1SCC(C(=O)O)N1C(=O)[C@H]1CCCNC1. The molecular formula is C13H22N2O3S. The molecule has 0 saturated carbocycles. The molecule has 6 heteroatoms. The number of carbonyl (C=O) groups is 2. The number of rotatable bonds is 3. The largest absolute Gasteiger partial charge is 0.480 e. The van der Waals surface area contributed by atoms with Crippen molar-refractivity contribution in [2.24, 2.45) is 11.8 Å². The third-order valence-electron chi connectivity index (χ3n) is 3.79. The highest BCUT2D eigenvalue weighted by Gasteiger charge is 2.44. The van der Waals surface area contributed by atoms with Crippen LogP contribution in [0.5, 0.6) is 0 Å². The van der Waals surface area contributed by atoms with Gasteiger partial charge in [-0.25, -0.2) is 4.79 Å². The highest BCUT2D eigenvalue weighted by Crippen LogP contribution is 2.35. The molecule has 0 spiro atoms. The molecule has 108 valence electrons. The van der Waals surface area contributed by atoms with Crippen molar-refractivity contribution < 1.29 is 14.7 Å². The van der Waals surface area contributed by atoms with E-state index < -0.39 is 12.0 Å². The van der Waals surface area contributed by atoms with Gasteiger partial charge in [0.2, 0.25) is 5.91 Å². The molecule has 2 N–H and O–H groups in total. The average molecular weight is 286 g/mol. The summed E-state index contributed by atoms with van der Waals surface area (Å²) in [7, 11) is 0. The maximum absolute atomic E-state index is 12.6. The zero-order valence-electron chi connectivity index (χ0n) is 11.5. The first kappa shape index (κ1) is 14.7. The lowest BCUT2D eigenvalue weighted by atomic mass is 9.97. The maximum Gasteiger partial charge on any atom is 0.327 e. The summed E-state index contributed by atoms with van der Waals surface area (Å²) < 4.78 is 0. The molecule has 2 aliphatic heterocycles. The Hall–Kier alpha value is -0.750. The minimum Gasteiger partial charge on any atom is -0.480 e. The fourth-order valence-electron chi connectivity index (χ4n) is 2.78. The molecule has 0 aromatic rings. The van der Waals surface area contributed by atoms with Gasteiger partial charge in [0, 0.05) is 12.3 Å². The van der Waals surface area contributed by atoms with Gasteiger partial charge in [-0.3, -0.25) is 4.79 Å². The summed E-state index contributed by atoms with van der Waals surface area (Å²) >= 11 is 1.59. The lowest BCUT2D eigenvalue weighted by Gasteiger charge is -2.34. The Bertz CT molecular complexity index is 356. The molecule has 0 aliphatic carbocycles. The second-order valence-electron chi connectivity index (χ2n) is 5.61. The second-order valence-corrected chi connectivity index (χ2v) is 6.76. The van der Waals surface area contributed by atoms with Crippen LogP contribution >= 0.6 is 11.8 Å². The van der Waals surface area contributed by atoms with Gasteiger partial charge in [0.1, 0.15) is 6.04 Å². The zero-order valence-corrected chi connectivity index (χ0v) is 12.3. The van der Waals surface area contributed by atoms with E-state index in [2.05, 4.69) is 5.32 Å². The zero-order chi connectivity index (χ0) is 14.0. The summed E-state index contributed by atoms with van der Waals surface area (Å²) in [6, 6.07) is -0.660. The topological polar surface area (TPSA) is 69.6 Å². The summed E-state index contributed by atoms with van der Waals surface area (Å²) in [5.74, 6) is -0.147. The normalized spacial score (nSPS) is 31.7. The highest BCUT2D eigenvalue weighted by atomic mass is 32.2. The fraction of sp³-hybridized carbons (Fsp3) is 0.846. The van der Waals surface area contributed by atoms with Crippen molar-refractivity contribution in [3.05, 3.63) is 0 Å². The number of nitrogens with one attached hydrogen (secondary N) is 1. The Labute approximate surface area is 118 Å². The standard InChI is InChI=1S/C13H22N2O3S/c1-8(2)12-15(10(7-19-12)13(17)18)11(16)9-4-3-5-14-6-9/h8-10,12,14H,3-7H2,1-2H3,(H,17,18)/t9-,10?,12?/m0/s1. The van der Waals surface area contributed by atoms with E-state index in [0.717, 1.165) is 19.4 Å². The van der Waals surface area contributed by atoms with Crippen LogP contribution in [-0.4, -0.2) is 52.1 Å². The van der Waals surface area contributed by atoms with Gasteiger partial charge in [-0.1, -0.05) is 13.8 Å². The highest BCUT2D eigenvalue weighted by molar-refractivity contribution is 8.00. The summed E-state index contributed by atoms with van der Waals surface area (Å²) in [5, 5.41) is 12.5. The minimum absolute atomic E-state index is 0.00414. The van der Waals surface area contributed by atoms with Crippen molar-refractivity contribution in [1.82, 2.24) is 10.2 Å². The quantitative estimate of drug-likeness (QED) is 0.810. The summed E-state index contributed by atoms with van der Waals surface area (Å²) in [6.07, 6.45) is 1.85. The van der Waals surface area contributed by atoms with Crippen LogP contribution in [0.15, 0.2) is 0 Å². The average Bonchev–Trinajstić information content (AvgIpc) is 2.83.